The van der Waals surface area contributed by atoms with Crippen LogP contribution in [-0.4, -0.2) is 106 Å². The third-order valence-electron chi connectivity index (χ3n) is 4.09. The van der Waals surface area contributed by atoms with E-state index >= 15 is 0 Å². The Hall–Kier alpha value is -0.980. The van der Waals surface area contributed by atoms with Crippen molar-refractivity contribution in [3.8, 4) is 0 Å². The molecule has 0 aromatic carbocycles. The van der Waals surface area contributed by atoms with Crippen LogP contribution in [0.1, 0.15) is 6.92 Å². The molecule has 0 aliphatic carbocycles. The van der Waals surface area contributed by atoms with E-state index in [2.05, 4.69) is 4.18 Å². The maximum atomic E-state index is 11.0. The van der Waals surface area contributed by atoms with Gasteiger partial charge in [0.1, 0.15) is 42.7 Å². The molecule has 0 spiro atoms. The Morgan fingerprint density at radius 2 is 1.56 bits per heavy atom. The summed E-state index contributed by atoms with van der Waals surface area (Å²) in [5.74, 6) is -1.94. The molecule has 0 bridgehead atoms. The number of carboxylic acids is 1. The number of carbonyl (C=O) groups is 1. The Bertz CT molecular complexity index is 638. The molecule has 0 aromatic heterocycles. The summed E-state index contributed by atoms with van der Waals surface area (Å²) < 4.78 is 51.7. The average molecular weight is 418 g/mol. The molecular weight excluding hydrogens is 400 g/mol. The number of carbonyl (C=O) groups excluding carboxylic acids is 1. The van der Waals surface area contributed by atoms with Gasteiger partial charge in [-0.05, 0) is 6.92 Å². The lowest BCUT2D eigenvalue weighted by atomic mass is 9.97. The van der Waals surface area contributed by atoms with Gasteiger partial charge < -0.3 is 54.2 Å². The van der Waals surface area contributed by atoms with Crippen LogP contribution < -0.4 is 5.11 Å². The summed E-state index contributed by atoms with van der Waals surface area (Å²) in [5.41, 5.74) is 0. The number of aliphatic carboxylic acids is 1. The van der Waals surface area contributed by atoms with Crippen LogP contribution in [0.3, 0.4) is 0 Å². The largest absolute Gasteiger partial charge is 0.726 e. The van der Waals surface area contributed by atoms with Crippen molar-refractivity contribution in [1.82, 2.24) is 0 Å². The summed E-state index contributed by atoms with van der Waals surface area (Å²) in [6.07, 6.45) is -19.2. The second-order valence-corrected chi connectivity index (χ2v) is 7.02. The molecule has 2 aliphatic heterocycles. The van der Waals surface area contributed by atoms with Gasteiger partial charge in [-0.25, -0.2) is 8.42 Å². The smallest absolute Gasteiger partial charge is 0.218 e. The van der Waals surface area contributed by atoms with Crippen molar-refractivity contribution in [1.29, 1.82) is 0 Å². The number of aliphatic hydroxyl groups is 5. The van der Waals surface area contributed by atoms with E-state index in [1.807, 2.05) is 0 Å². The third kappa shape index (κ3) is 4.90. The predicted octanol–water partition coefficient (Wildman–Crippen LogP) is -6.13. The topological polar surface area (TPSA) is 235 Å². The summed E-state index contributed by atoms with van der Waals surface area (Å²) in [7, 11) is -5.39. The molecular formula is C12H18O14S-2. The molecule has 0 radical (unpaired) electrons. The van der Waals surface area contributed by atoms with E-state index in [-0.39, 0.29) is 0 Å². The zero-order chi connectivity index (χ0) is 20.7. The molecule has 0 saturated carbocycles. The molecule has 0 amide bonds. The molecule has 2 fully saturated rings. The average Bonchev–Trinajstić information content (AvgIpc) is 2.54. The minimum Gasteiger partial charge on any atom is -0.726 e. The summed E-state index contributed by atoms with van der Waals surface area (Å²) in [6.45, 7) is 1.21. The zero-order valence-corrected chi connectivity index (χ0v) is 14.4. The van der Waals surface area contributed by atoms with Gasteiger partial charge in [-0.3, -0.25) is 4.18 Å². The van der Waals surface area contributed by atoms with Gasteiger partial charge in [0.15, 0.2) is 12.6 Å². The first-order valence-electron chi connectivity index (χ1n) is 7.55. The van der Waals surface area contributed by atoms with Crippen molar-refractivity contribution >= 4 is 16.4 Å². The van der Waals surface area contributed by atoms with Crippen LogP contribution in [0.2, 0.25) is 0 Å². The van der Waals surface area contributed by atoms with E-state index in [0.717, 1.165) is 0 Å². The fourth-order valence-corrected chi connectivity index (χ4v) is 3.24. The van der Waals surface area contributed by atoms with Crippen LogP contribution in [0.15, 0.2) is 0 Å². The number of rotatable bonds is 5. The van der Waals surface area contributed by atoms with E-state index in [1.165, 1.54) is 6.92 Å². The van der Waals surface area contributed by atoms with Crippen LogP contribution in [-0.2, 0) is 33.6 Å². The number of carboxylic acid groups (broad SMARTS) is 1. The second kappa shape index (κ2) is 8.18. The first kappa shape index (κ1) is 22.3. The third-order valence-corrected chi connectivity index (χ3v) is 4.55. The minimum absolute atomic E-state index is 1.21. The number of hydrogen-bond acceptors (Lipinski definition) is 14. The van der Waals surface area contributed by atoms with Gasteiger partial charge in [-0.1, -0.05) is 0 Å². The predicted molar refractivity (Wildman–Crippen MR) is 73.7 cm³/mol. The van der Waals surface area contributed by atoms with E-state index in [0.29, 0.717) is 0 Å². The number of aliphatic hydroxyl groups excluding tert-OH is 5. The Morgan fingerprint density at radius 1 is 0.963 bits per heavy atom. The van der Waals surface area contributed by atoms with E-state index < -0.39 is 77.8 Å². The van der Waals surface area contributed by atoms with Crippen LogP contribution in [0.5, 0.6) is 0 Å². The Labute approximate surface area is 152 Å². The molecule has 27 heavy (non-hydrogen) atoms. The monoisotopic (exact) mass is 418 g/mol. The highest BCUT2D eigenvalue weighted by Crippen LogP contribution is 2.30. The summed E-state index contributed by atoms with van der Waals surface area (Å²) in [6, 6.07) is 0. The van der Waals surface area contributed by atoms with Crippen molar-refractivity contribution in [3.63, 3.8) is 0 Å². The number of hydrogen-bond donors (Lipinski definition) is 5. The van der Waals surface area contributed by atoms with E-state index in [1.54, 1.807) is 0 Å². The molecule has 158 valence electrons. The first-order chi connectivity index (χ1) is 12.3. The lowest BCUT2D eigenvalue weighted by Crippen LogP contribution is -2.65. The second-order valence-electron chi connectivity index (χ2n) is 6.01. The molecule has 1 unspecified atom stereocenters. The normalized spacial score (nSPS) is 46.2. The van der Waals surface area contributed by atoms with Crippen molar-refractivity contribution in [2.75, 3.05) is 0 Å². The Kier molecular flexibility index (Phi) is 6.76. The van der Waals surface area contributed by atoms with Gasteiger partial charge in [0.25, 0.3) is 0 Å². The van der Waals surface area contributed by atoms with Crippen molar-refractivity contribution in [2.45, 2.75) is 68.3 Å². The fourth-order valence-electron chi connectivity index (χ4n) is 2.75. The van der Waals surface area contributed by atoms with Gasteiger partial charge in [-0.2, -0.15) is 0 Å². The molecule has 5 N–H and O–H groups in total. The van der Waals surface area contributed by atoms with Gasteiger partial charge in [0.2, 0.25) is 10.4 Å². The highest BCUT2D eigenvalue weighted by atomic mass is 32.3. The van der Waals surface area contributed by atoms with Crippen molar-refractivity contribution in [2.24, 2.45) is 0 Å². The summed E-state index contributed by atoms with van der Waals surface area (Å²) in [5, 5.41) is 59.6. The Balaban J connectivity index is 2.26. The molecule has 2 rings (SSSR count). The fraction of sp³-hybridized carbons (Fsp3) is 0.917. The van der Waals surface area contributed by atoms with Crippen molar-refractivity contribution < 1.29 is 66.8 Å². The molecule has 2 aliphatic rings. The van der Waals surface area contributed by atoms with Gasteiger partial charge in [0.05, 0.1) is 12.1 Å². The minimum atomic E-state index is -5.39. The lowest BCUT2D eigenvalue weighted by Gasteiger charge is -2.46. The van der Waals surface area contributed by atoms with Crippen LogP contribution in [0.4, 0.5) is 0 Å². The molecule has 14 nitrogen and oxygen atoms in total. The molecule has 2 saturated heterocycles. The van der Waals surface area contributed by atoms with E-state index in [9.17, 15) is 48.4 Å². The van der Waals surface area contributed by atoms with Crippen molar-refractivity contribution in [3.05, 3.63) is 0 Å². The Morgan fingerprint density at radius 3 is 2.07 bits per heavy atom. The van der Waals surface area contributed by atoms with E-state index in [4.69, 9.17) is 14.2 Å². The standard InChI is InChI=1S/C12H20O14S/c1-2-7(8(26-27(20,21)22)6(16)11(19)23-2)24-12-5(15)3(13)4(14)9(25-12)10(17)18/h2-9,11-16,19H,1H3,(H,17,18)(H,20,21,22)/p-2/t2-,3-,4-,5+,6+,7-,8-,9+,11?,12+/m0/s1. The quantitative estimate of drug-likeness (QED) is 0.206. The van der Waals surface area contributed by atoms with Gasteiger partial charge in [0, 0.05) is 0 Å². The van der Waals surface area contributed by atoms with Gasteiger partial charge in [-0.15, -0.1) is 0 Å². The maximum Gasteiger partial charge on any atom is 0.218 e. The zero-order valence-electron chi connectivity index (χ0n) is 13.6. The molecule has 10 atom stereocenters. The van der Waals surface area contributed by atoms with Crippen LogP contribution >= 0.6 is 0 Å². The molecule has 2 heterocycles. The lowest BCUT2D eigenvalue weighted by molar-refractivity contribution is -0.366. The van der Waals surface area contributed by atoms with Crippen LogP contribution in [0, 0.1) is 0 Å². The molecule has 0 aromatic rings. The first-order valence-corrected chi connectivity index (χ1v) is 8.88. The highest BCUT2D eigenvalue weighted by molar-refractivity contribution is 7.80. The summed E-state index contributed by atoms with van der Waals surface area (Å²) >= 11 is 0. The SMILES string of the molecule is C[C@@H]1OC(O)[C@H](O)[C@H](OS(=O)(=O)[O-])[C@H]1O[C@@H]1O[C@@H](C(=O)[O-])[C@@H](O)[C@H](O)[C@H]1O. The highest BCUT2D eigenvalue weighted by Gasteiger charge is 2.51. The molecule has 15 heteroatoms. The number of ether oxygens (including phenoxy) is 3. The summed E-state index contributed by atoms with van der Waals surface area (Å²) in [4.78, 5) is 11.0. The van der Waals surface area contributed by atoms with Crippen LogP contribution in [0.25, 0.3) is 0 Å². The van der Waals surface area contributed by atoms with Gasteiger partial charge >= 0.3 is 0 Å². The maximum absolute atomic E-state index is 11.0.